The standard InChI is InChI=1S/C29H30Cl2N2O3/c1-21-6-3-4-9-27(21)36-20-23-18-22(10-12-28(23)35-2)11-13-29(34)33-16-14-32(15-17-33)19-24-25(30)7-5-8-26(24)31/h3-13,18H,14-17,19-20H2,1-2H3/b13-11+. The SMILES string of the molecule is COc1ccc(/C=C/C(=O)N2CCN(Cc3c(Cl)cccc3Cl)CC2)cc1COc1ccccc1C. The number of aryl methyl sites for hydroxylation is 1. The van der Waals surface area contributed by atoms with E-state index in [2.05, 4.69) is 4.90 Å². The zero-order chi connectivity index (χ0) is 25.5. The van der Waals surface area contributed by atoms with Gasteiger partial charge in [-0.25, -0.2) is 0 Å². The fourth-order valence-electron chi connectivity index (χ4n) is 4.20. The van der Waals surface area contributed by atoms with Crippen LogP contribution in [0.5, 0.6) is 11.5 Å². The van der Waals surface area contributed by atoms with Gasteiger partial charge in [0.1, 0.15) is 18.1 Å². The zero-order valence-corrected chi connectivity index (χ0v) is 22.1. The quantitative estimate of drug-likeness (QED) is 0.326. The Morgan fingerprint density at radius 3 is 2.36 bits per heavy atom. The van der Waals surface area contributed by atoms with Crippen LogP contribution in [0.2, 0.25) is 10.0 Å². The number of carbonyl (C=O) groups excluding carboxylic acids is 1. The molecule has 0 N–H and O–H groups in total. The number of carbonyl (C=O) groups is 1. The molecule has 188 valence electrons. The molecule has 3 aromatic rings. The molecule has 0 spiro atoms. The number of amides is 1. The van der Waals surface area contributed by atoms with Crippen molar-refractivity contribution in [3.05, 3.63) is 99.0 Å². The average Bonchev–Trinajstić information content (AvgIpc) is 2.89. The first-order valence-electron chi connectivity index (χ1n) is 11.9. The van der Waals surface area contributed by atoms with Gasteiger partial charge in [0.15, 0.2) is 0 Å². The Morgan fingerprint density at radius 1 is 0.944 bits per heavy atom. The minimum absolute atomic E-state index is 0.000968. The van der Waals surface area contributed by atoms with Gasteiger partial charge in [-0.3, -0.25) is 9.69 Å². The fraction of sp³-hybridized carbons (Fsp3) is 0.276. The van der Waals surface area contributed by atoms with Crippen molar-refractivity contribution in [1.82, 2.24) is 9.80 Å². The molecule has 0 radical (unpaired) electrons. The van der Waals surface area contributed by atoms with Crippen LogP contribution in [0.15, 0.2) is 66.7 Å². The molecule has 36 heavy (non-hydrogen) atoms. The average molecular weight is 525 g/mol. The normalized spacial score (nSPS) is 14.3. The van der Waals surface area contributed by atoms with Crippen molar-refractivity contribution in [3.63, 3.8) is 0 Å². The summed E-state index contributed by atoms with van der Waals surface area (Å²) in [6.45, 7) is 5.92. The molecule has 3 aromatic carbocycles. The van der Waals surface area contributed by atoms with Crippen LogP contribution in [0.25, 0.3) is 6.08 Å². The number of ether oxygens (including phenoxy) is 2. The second-order valence-electron chi connectivity index (χ2n) is 8.76. The lowest BCUT2D eigenvalue weighted by Crippen LogP contribution is -2.47. The molecule has 1 aliphatic heterocycles. The summed E-state index contributed by atoms with van der Waals surface area (Å²) in [5.74, 6) is 1.59. The Balaban J connectivity index is 1.34. The van der Waals surface area contributed by atoms with Crippen LogP contribution in [0.1, 0.15) is 22.3 Å². The Kier molecular flexibility index (Phi) is 8.92. The molecule has 0 bridgehead atoms. The summed E-state index contributed by atoms with van der Waals surface area (Å²) in [4.78, 5) is 17.0. The van der Waals surface area contributed by atoms with Gasteiger partial charge < -0.3 is 14.4 Å². The van der Waals surface area contributed by atoms with Gasteiger partial charge in [-0.2, -0.15) is 0 Å². The highest BCUT2D eigenvalue weighted by Gasteiger charge is 2.21. The molecule has 1 fully saturated rings. The summed E-state index contributed by atoms with van der Waals surface area (Å²) < 4.78 is 11.5. The number of hydrogen-bond donors (Lipinski definition) is 0. The summed E-state index contributed by atoms with van der Waals surface area (Å²) >= 11 is 12.6. The fourth-order valence-corrected chi connectivity index (χ4v) is 4.71. The molecule has 0 aromatic heterocycles. The minimum atomic E-state index is -0.000968. The molecule has 1 amide bonds. The van der Waals surface area contributed by atoms with Crippen LogP contribution >= 0.6 is 23.2 Å². The predicted molar refractivity (Wildman–Crippen MR) is 146 cm³/mol. The highest BCUT2D eigenvalue weighted by molar-refractivity contribution is 6.35. The molecule has 1 aliphatic rings. The Morgan fingerprint density at radius 2 is 1.67 bits per heavy atom. The van der Waals surface area contributed by atoms with Crippen LogP contribution in [-0.2, 0) is 17.9 Å². The lowest BCUT2D eigenvalue weighted by atomic mass is 10.1. The lowest BCUT2D eigenvalue weighted by molar-refractivity contribution is -0.127. The first-order chi connectivity index (χ1) is 17.4. The number of para-hydroxylation sites is 1. The van der Waals surface area contributed by atoms with E-state index in [-0.39, 0.29) is 5.91 Å². The molecular formula is C29H30Cl2N2O3. The molecule has 0 atom stereocenters. The Labute approximate surface area is 222 Å². The van der Waals surface area contributed by atoms with E-state index in [1.165, 1.54) is 0 Å². The number of rotatable bonds is 8. The third-order valence-corrected chi connectivity index (χ3v) is 7.04. The lowest BCUT2D eigenvalue weighted by Gasteiger charge is -2.34. The van der Waals surface area contributed by atoms with E-state index in [9.17, 15) is 4.79 Å². The van der Waals surface area contributed by atoms with E-state index in [1.54, 1.807) is 13.2 Å². The number of halogens is 2. The third-order valence-electron chi connectivity index (χ3n) is 6.33. The molecule has 7 heteroatoms. The molecule has 0 saturated carbocycles. The highest BCUT2D eigenvalue weighted by Crippen LogP contribution is 2.27. The van der Waals surface area contributed by atoms with E-state index in [4.69, 9.17) is 32.7 Å². The number of nitrogens with zero attached hydrogens (tertiary/aromatic N) is 2. The van der Waals surface area contributed by atoms with Crippen molar-refractivity contribution in [2.45, 2.75) is 20.1 Å². The smallest absolute Gasteiger partial charge is 0.246 e. The number of benzene rings is 3. The molecule has 1 heterocycles. The maximum absolute atomic E-state index is 12.8. The van der Waals surface area contributed by atoms with Gasteiger partial charge in [-0.15, -0.1) is 0 Å². The largest absolute Gasteiger partial charge is 0.496 e. The van der Waals surface area contributed by atoms with Crippen LogP contribution in [0.3, 0.4) is 0 Å². The van der Waals surface area contributed by atoms with E-state index in [1.807, 2.05) is 78.6 Å². The predicted octanol–water partition coefficient (Wildman–Crippen LogP) is 6.25. The molecule has 0 unspecified atom stereocenters. The number of piperazine rings is 1. The summed E-state index contributed by atoms with van der Waals surface area (Å²) in [5, 5.41) is 1.35. The molecule has 0 aliphatic carbocycles. The van der Waals surface area contributed by atoms with Crippen molar-refractivity contribution < 1.29 is 14.3 Å². The van der Waals surface area contributed by atoms with Crippen LogP contribution in [0, 0.1) is 6.92 Å². The van der Waals surface area contributed by atoms with Crippen LogP contribution in [-0.4, -0.2) is 49.0 Å². The monoisotopic (exact) mass is 524 g/mol. The van der Waals surface area contributed by atoms with E-state index in [0.29, 0.717) is 36.3 Å². The first kappa shape index (κ1) is 26.1. The number of hydrogen-bond acceptors (Lipinski definition) is 4. The summed E-state index contributed by atoms with van der Waals surface area (Å²) in [6.07, 6.45) is 3.48. The van der Waals surface area contributed by atoms with E-state index < -0.39 is 0 Å². The van der Waals surface area contributed by atoms with Gasteiger partial charge in [-0.1, -0.05) is 53.5 Å². The van der Waals surface area contributed by atoms with Crippen LogP contribution in [0.4, 0.5) is 0 Å². The first-order valence-corrected chi connectivity index (χ1v) is 12.7. The van der Waals surface area contributed by atoms with Crippen molar-refractivity contribution in [3.8, 4) is 11.5 Å². The van der Waals surface area contributed by atoms with Crippen molar-refractivity contribution in [2.75, 3.05) is 33.3 Å². The van der Waals surface area contributed by atoms with Crippen molar-refractivity contribution in [1.29, 1.82) is 0 Å². The van der Waals surface area contributed by atoms with Crippen molar-refractivity contribution in [2.24, 2.45) is 0 Å². The highest BCUT2D eigenvalue weighted by atomic mass is 35.5. The minimum Gasteiger partial charge on any atom is -0.496 e. The van der Waals surface area contributed by atoms with E-state index >= 15 is 0 Å². The Hall–Kier alpha value is -2.99. The molecular weight excluding hydrogens is 495 g/mol. The van der Waals surface area contributed by atoms with Gasteiger partial charge in [-0.05, 0) is 54.5 Å². The van der Waals surface area contributed by atoms with E-state index in [0.717, 1.165) is 46.8 Å². The number of methoxy groups -OCH3 is 1. The second kappa shape index (κ2) is 12.3. The Bertz CT molecular complexity index is 1220. The van der Waals surface area contributed by atoms with Crippen molar-refractivity contribution >= 4 is 35.2 Å². The third kappa shape index (κ3) is 6.61. The van der Waals surface area contributed by atoms with Crippen LogP contribution < -0.4 is 9.47 Å². The zero-order valence-electron chi connectivity index (χ0n) is 20.5. The molecule has 1 saturated heterocycles. The maximum atomic E-state index is 12.8. The summed E-state index contributed by atoms with van der Waals surface area (Å²) in [5.41, 5.74) is 3.84. The maximum Gasteiger partial charge on any atom is 0.246 e. The summed E-state index contributed by atoms with van der Waals surface area (Å²) in [6, 6.07) is 19.3. The van der Waals surface area contributed by atoms with Gasteiger partial charge in [0.05, 0.1) is 7.11 Å². The van der Waals surface area contributed by atoms with Gasteiger partial charge in [0, 0.05) is 60.0 Å². The molecule has 4 rings (SSSR count). The van der Waals surface area contributed by atoms with Gasteiger partial charge in [0.25, 0.3) is 0 Å². The van der Waals surface area contributed by atoms with Gasteiger partial charge >= 0.3 is 0 Å². The molecule has 5 nitrogen and oxygen atoms in total. The summed E-state index contributed by atoms with van der Waals surface area (Å²) in [7, 11) is 1.64. The topological polar surface area (TPSA) is 42.0 Å². The second-order valence-corrected chi connectivity index (χ2v) is 9.57. The van der Waals surface area contributed by atoms with Gasteiger partial charge in [0.2, 0.25) is 5.91 Å².